The summed E-state index contributed by atoms with van der Waals surface area (Å²) in [5.74, 6) is 0.0977. The summed E-state index contributed by atoms with van der Waals surface area (Å²) in [4.78, 5) is 16.2. The summed E-state index contributed by atoms with van der Waals surface area (Å²) in [6.07, 6.45) is 7.69. The number of nitrogens with one attached hydrogen (secondary N) is 1. The van der Waals surface area contributed by atoms with Gasteiger partial charge in [0.05, 0.1) is 12.1 Å². The van der Waals surface area contributed by atoms with Crippen LogP contribution in [-0.2, 0) is 20.7 Å². The Labute approximate surface area is 187 Å². The van der Waals surface area contributed by atoms with Crippen molar-refractivity contribution in [2.24, 2.45) is 5.41 Å². The van der Waals surface area contributed by atoms with Crippen molar-refractivity contribution in [3.63, 3.8) is 0 Å². The number of para-hydroxylation sites is 1. The lowest BCUT2D eigenvalue weighted by Gasteiger charge is -2.17. The molecule has 2 aromatic rings. The van der Waals surface area contributed by atoms with Crippen LogP contribution in [0.3, 0.4) is 0 Å². The minimum atomic E-state index is 0.0273. The van der Waals surface area contributed by atoms with Crippen molar-refractivity contribution < 1.29 is 14.3 Å². The summed E-state index contributed by atoms with van der Waals surface area (Å²) in [5.41, 5.74) is 3.71. The SMILES string of the molecule is Cc1cccc2c(CCCOCCCCCOCCNC(=O)CC(C)(C)C)ccnc12. The van der Waals surface area contributed by atoms with Crippen molar-refractivity contribution in [1.29, 1.82) is 0 Å². The summed E-state index contributed by atoms with van der Waals surface area (Å²) in [7, 11) is 0. The van der Waals surface area contributed by atoms with Gasteiger partial charge in [0.1, 0.15) is 0 Å². The van der Waals surface area contributed by atoms with Gasteiger partial charge in [-0.1, -0.05) is 39.0 Å². The second kappa shape index (κ2) is 13.4. The number of carbonyl (C=O) groups is 1. The average Bonchev–Trinajstić information content (AvgIpc) is 2.70. The molecule has 0 aliphatic carbocycles. The number of aryl methyl sites for hydroxylation is 2. The standard InChI is InChI=1S/C26H40N2O3/c1-21-10-8-12-23-22(13-14-28-25(21)23)11-9-18-30-16-6-5-7-17-31-19-15-27-24(29)20-26(2,3)4/h8,10,12-14H,5-7,9,11,15-20H2,1-4H3,(H,27,29). The van der Waals surface area contributed by atoms with Gasteiger partial charge in [-0.3, -0.25) is 9.78 Å². The highest BCUT2D eigenvalue weighted by Crippen LogP contribution is 2.21. The fourth-order valence-electron chi connectivity index (χ4n) is 3.56. The Morgan fingerprint density at radius 3 is 2.42 bits per heavy atom. The number of benzene rings is 1. The number of aromatic nitrogens is 1. The van der Waals surface area contributed by atoms with Gasteiger partial charge in [0.15, 0.2) is 0 Å². The first-order valence-corrected chi connectivity index (χ1v) is 11.6. The van der Waals surface area contributed by atoms with Crippen molar-refractivity contribution in [2.45, 2.75) is 66.2 Å². The van der Waals surface area contributed by atoms with Gasteiger partial charge in [0.2, 0.25) is 5.91 Å². The zero-order valence-electron chi connectivity index (χ0n) is 19.8. The van der Waals surface area contributed by atoms with Gasteiger partial charge in [-0.25, -0.2) is 0 Å². The molecule has 0 atom stereocenters. The molecule has 0 radical (unpaired) electrons. The van der Waals surface area contributed by atoms with E-state index in [1.165, 1.54) is 16.5 Å². The molecule has 1 amide bonds. The molecule has 0 aliphatic rings. The normalized spacial score (nSPS) is 11.7. The maximum absolute atomic E-state index is 11.7. The minimum Gasteiger partial charge on any atom is -0.381 e. The fraction of sp³-hybridized carbons (Fsp3) is 0.615. The van der Waals surface area contributed by atoms with E-state index < -0.39 is 0 Å². The second-order valence-corrected chi connectivity index (χ2v) is 9.42. The molecule has 0 unspecified atom stereocenters. The molecule has 0 aliphatic heterocycles. The quantitative estimate of drug-likeness (QED) is 0.419. The predicted molar refractivity (Wildman–Crippen MR) is 127 cm³/mol. The third-order valence-electron chi connectivity index (χ3n) is 5.13. The molecule has 0 saturated heterocycles. The number of pyridine rings is 1. The first-order chi connectivity index (χ1) is 14.9. The average molecular weight is 429 g/mol. The molecule has 5 heteroatoms. The molecule has 172 valence electrons. The molecule has 1 heterocycles. The monoisotopic (exact) mass is 428 g/mol. The molecule has 5 nitrogen and oxygen atoms in total. The Morgan fingerprint density at radius 1 is 0.968 bits per heavy atom. The highest BCUT2D eigenvalue weighted by molar-refractivity contribution is 5.84. The Bertz CT molecular complexity index is 799. The van der Waals surface area contributed by atoms with E-state index >= 15 is 0 Å². The highest BCUT2D eigenvalue weighted by Gasteiger charge is 2.15. The summed E-state index contributed by atoms with van der Waals surface area (Å²) in [6.45, 7) is 11.8. The van der Waals surface area contributed by atoms with Crippen LogP contribution in [0.25, 0.3) is 10.9 Å². The minimum absolute atomic E-state index is 0.0273. The van der Waals surface area contributed by atoms with Crippen LogP contribution in [0.1, 0.15) is 64.0 Å². The van der Waals surface area contributed by atoms with Crippen LogP contribution in [0.15, 0.2) is 30.5 Å². The number of hydrogen-bond acceptors (Lipinski definition) is 4. The molecule has 0 bridgehead atoms. The maximum Gasteiger partial charge on any atom is 0.220 e. The smallest absolute Gasteiger partial charge is 0.220 e. The zero-order chi connectivity index (χ0) is 22.5. The lowest BCUT2D eigenvalue weighted by Crippen LogP contribution is -2.30. The molecule has 2 rings (SSSR count). The molecule has 0 saturated carbocycles. The van der Waals surface area contributed by atoms with Gasteiger partial charge in [-0.15, -0.1) is 0 Å². The molecule has 0 spiro atoms. The first kappa shape index (κ1) is 25.3. The molecule has 1 N–H and O–H groups in total. The predicted octanol–water partition coefficient (Wildman–Crippen LogP) is 5.23. The van der Waals surface area contributed by atoms with E-state index in [1.807, 2.05) is 6.20 Å². The largest absolute Gasteiger partial charge is 0.381 e. The Kier molecular flexibility index (Phi) is 11.0. The van der Waals surface area contributed by atoms with Crippen molar-refractivity contribution in [3.8, 4) is 0 Å². The van der Waals surface area contributed by atoms with Crippen molar-refractivity contribution in [2.75, 3.05) is 33.0 Å². The van der Waals surface area contributed by atoms with Crippen LogP contribution in [0, 0.1) is 12.3 Å². The number of fused-ring (bicyclic) bond motifs is 1. The zero-order valence-corrected chi connectivity index (χ0v) is 19.8. The van der Waals surface area contributed by atoms with Crippen LogP contribution in [0.4, 0.5) is 0 Å². The number of hydrogen-bond donors (Lipinski definition) is 1. The highest BCUT2D eigenvalue weighted by atomic mass is 16.5. The Hall–Kier alpha value is -1.98. The summed E-state index contributed by atoms with van der Waals surface area (Å²) >= 11 is 0. The van der Waals surface area contributed by atoms with Gasteiger partial charge in [-0.2, -0.15) is 0 Å². The van der Waals surface area contributed by atoms with Gasteiger partial charge in [0, 0.05) is 44.4 Å². The van der Waals surface area contributed by atoms with E-state index in [9.17, 15) is 4.79 Å². The van der Waals surface area contributed by atoms with Crippen LogP contribution in [-0.4, -0.2) is 43.9 Å². The van der Waals surface area contributed by atoms with E-state index in [0.717, 1.165) is 57.4 Å². The molecule has 1 aromatic carbocycles. The topological polar surface area (TPSA) is 60.5 Å². The lowest BCUT2D eigenvalue weighted by atomic mass is 9.92. The van der Waals surface area contributed by atoms with E-state index in [1.54, 1.807) is 0 Å². The second-order valence-electron chi connectivity index (χ2n) is 9.42. The van der Waals surface area contributed by atoms with Crippen LogP contribution in [0.2, 0.25) is 0 Å². The number of rotatable bonds is 14. The fourth-order valence-corrected chi connectivity index (χ4v) is 3.56. The van der Waals surface area contributed by atoms with E-state index in [4.69, 9.17) is 9.47 Å². The molecule has 0 fully saturated rings. The summed E-state index contributed by atoms with van der Waals surface area (Å²) in [5, 5.41) is 4.17. The van der Waals surface area contributed by atoms with Gasteiger partial charge < -0.3 is 14.8 Å². The van der Waals surface area contributed by atoms with Crippen molar-refractivity contribution >= 4 is 16.8 Å². The van der Waals surface area contributed by atoms with Gasteiger partial charge in [0.25, 0.3) is 0 Å². The van der Waals surface area contributed by atoms with Crippen LogP contribution >= 0.6 is 0 Å². The van der Waals surface area contributed by atoms with Crippen molar-refractivity contribution in [1.82, 2.24) is 10.3 Å². The lowest BCUT2D eigenvalue weighted by molar-refractivity contribution is -0.123. The van der Waals surface area contributed by atoms with Crippen LogP contribution < -0.4 is 5.32 Å². The number of nitrogens with zero attached hydrogens (tertiary/aromatic N) is 1. The number of unbranched alkanes of at least 4 members (excludes halogenated alkanes) is 2. The van der Waals surface area contributed by atoms with E-state index in [-0.39, 0.29) is 11.3 Å². The van der Waals surface area contributed by atoms with Gasteiger partial charge >= 0.3 is 0 Å². The first-order valence-electron chi connectivity index (χ1n) is 11.6. The number of amides is 1. The Morgan fingerprint density at radius 2 is 1.68 bits per heavy atom. The third kappa shape index (κ3) is 10.3. The van der Waals surface area contributed by atoms with Crippen molar-refractivity contribution in [3.05, 3.63) is 41.6 Å². The number of carbonyl (C=O) groups excluding carboxylic acids is 1. The Balaban J connectivity index is 1.43. The molecular weight excluding hydrogens is 388 g/mol. The molecular formula is C26H40N2O3. The summed E-state index contributed by atoms with van der Waals surface area (Å²) in [6, 6.07) is 8.50. The van der Waals surface area contributed by atoms with Crippen LogP contribution in [0.5, 0.6) is 0 Å². The number of ether oxygens (including phenoxy) is 2. The maximum atomic E-state index is 11.7. The molecule has 31 heavy (non-hydrogen) atoms. The van der Waals surface area contributed by atoms with E-state index in [2.05, 4.69) is 62.3 Å². The molecule has 1 aromatic heterocycles. The summed E-state index contributed by atoms with van der Waals surface area (Å²) < 4.78 is 11.4. The van der Waals surface area contributed by atoms with Gasteiger partial charge in [-0.05, 0) is 61.6 Å². The van der Waals surface area contributed by atoms with E-state index in [0.29, 0.717) is 19.6 Å². The third-order valence-corrected chi connectivity index (χ3v) is 5.13.